The first-order valence-corrected chi connectivity index (χ1v) is 8.94. The number of hydrogen-bond donors (Lipinski definition) is 2. The molecular formula is C15H15BrN2O2S. The molecule has 2 aromatic rings. The fourth-order valence-electron chi connectivity index (χ4n) is 2.43. The van der Waals surface area contributed by atoms with E-state index >= 15 is 0 Å². The molecule has 1 aliphatic rings. The summed E-state index contributed by atoms with van der Waals surface area (Å²) in [5, 5.41) is 3.27. The van der Waals surface area contributed by atoms with Crippen LogP contribution in [0.2, 0.25) is 0 Å². The average molecular weight is 367 g/mol. The van der Waals surface area contributed by atoms with Gasteiger partial charge in [-0.15, -0.1) is 0 Å². The first kappa shape index (κ1) is 14.6. The molecule has 0 aromatic heterocycles. The highest BCUT2D eigenvalue weighted by molar-refractivity contribution is 9.10. The fraction of sp³-hybridized carbons (Fsp3) is 0.200. The molecule has 0 bridgehead atoms. The summed E-state index contributed by atoms with van der Waals surface area (Å²) in [6, 6.07) is 12.4. The molecule has 2 aromatic carbocycles. The van der Waals surface area contributed by atoms with Crippen LogP contribution in [0.3, 0.4) is 0 Å². The molecule has 4 nitrogen and oxygen atoms in total. The Morgan fingerprint density at radius 2 is 1.86 bits per heavy atom. The van der Waals surface area contributed by atoms with Gasteiger partial charge in [-0.05, 0) is 54.4 Å². The van der Waals surface area contributed by atoms with Crippen LogP contribution in [0.1, 0.15) is 11.1 Å². The smallest absolute Gasteiger partial charge is 0.261 e. The number of fused-ring (bicyclic) bond motifs is 1. The Kier molecular flexibility index (Phi) is 4.01. The summed E-state index contributed by atoms with van der Waals surface area (Å²) in [4.78, 5) is 0.257. The molecule has 3 rings (SSSR count). The van der Waals surface area contributed by atoms with Gasteiger partial charge in [-0.3, -0.25) is 4.72 Å². The minimum absolute atomic E-state index is 0.257. The van der Waals surface area contributed by atoms with Crippen molar-refractivity contribution in [1.29, 1.82) is 0 Å². The van der Waals surface area contributed by atoms with Crippen LogP contribution < -0.4 is 10.0 Å². The molecule has 0 saturated carbocycles. The van der Waals surface area contributed by atoms with Crippen LogP contribution in [-0.4, -0.2) is 15.0 Å². The van der Waals surface area contributed by atoms with Crippen LogP contribution in [0.4, 0.5) is 5.69 Å². The molecule has 0 aliphatic carbocycles. The lowest BCUT2D eigenvalue weighted by atomic mass is 10.00. The minimum atomic E-state index is -3.56. The van der Waals surface area contributed by atoms with Gasteiger partial charge in [0.05, 0.1) is 10.6 Å². The summed E-state index contributed by atoms with van der Waals surface area (Å²) >= 11 is 3.30. The van der Waals surface area contributed by atoms with E-state index < -0.39 is 10.0 Å². The lowest BCUT2D eigenvalue weighted by Gasteiger charge is -2.21. The van der Waals surface area contributed by atoms with Gasteiger partial charge in [0.25, 0.3) is 10.0 Å². The average Bonchev–Trinajstić information content (AvgIpc) is 2.48. The van der Waals surface area contributed by atoms with E-state index in [1.54, 1.807) is 24.3 Å². The molecule has 21 heavy (non-hydrogen) atoms. The first-order chi connectivity index (χ1) is 10.1. The van der Waals surface area contributed by atoms with Crippen molar-refractivity contribution in [3.8, 4) is 0 Å². The van der Waals surface area contributed by atoms with Crippen LogP contribution in [0.5, 0.6) is 0 Å². The van der Waals surface area contributed by atoms with Crippen molar-refractivity contribution in [3.63, 3.8) is 0 Å². The zero-order valence-electron chi connectivity index (χ0n) is 11.3. The highest BCUT2D eigenvalue weighted by Crippen LogP contribution is 2.25. The molecule has 2 N–H and O–H groups in total. The quantitative estimate of drug-likeness (QED) is 0.877. The maximum absolute atomic E-state index is 12.5. The Bertz CT molecular complexity index is 758. The number of halogens is 1. The highest BCUT2D eigenvalue weighted by atomic mass is 79.9. The predicted octanol–water partition coefficient (Wildman–Crippen LogP) is 2.90. The van der Waals surface area contributed by atoms with Gasteiger partial charge in [-0.25, -0.2) is 8.42 Å². The summed E-state index contributed by atoms with van der Waals surface area (Å²) in [5.41, 5.74) is 2.89. The number of hydrogen-bond acceptors (Lipinski definition) is 3. The Morgan fingerprint density at radius 3 is 2.62 bits per heavy atom. The van der Waals surface area contributed by atoms with Gasteiger partial charge in [0.2, 0.25) is 0 Å². The van der Waals surface area contributed by atoms with Crippen molar-refractivity contribution in [2.24, 2.45) is 0 Å². The van der Waals surface area contributed by atoms with E-state index in [0.29, 0.717) is 12.2 Å². The SMILES string of the molecule is O=S(=O)(Nc1cccc2c1CNCC2)c1ccc(Br)cc1. The second kappa shape index (κ2) is 5.79. The van der Waals surface area contributed by atoms with Crippen molar-refractivity contribution in [2.45, 2.75) is 17.9 Å². The highest BCUT2D eigenvalue weighted by Gasteiger charge is 2.18. The van der Waals surface area contributed by atoms with Crippen molar-refractivity contribution < 1.29 is 8.42 Å². The summed E-state index contributed by atoms with van der Waals surface area (Å²) in [5.74, 6) is 0. The second-order valence-corrected chi connectivity index (χ2v) is 7.53. The zero-order chi connectivity index (χ0) is 14.9. The third-order valence-corrected chi connectivity index (χ3v) is 5.42. The van der Waals surface area contributed by atoms with E-state index in [2.05, 4.69) is 26.0 Å². The summed E-state index contributed by atoms with van der Waals surface area (Å²) < 4.78 is 28.5. The maximum Gasteiger partial charge on any atom is 0.261 e. The molecular weight excluding hydrogens is 352 g/mol. The van der Waals surface area contributed by atoms with Crippen LogP contribution in [0, 0.1) is 0 Å². The fourth-order valence-corrected chi connectivity index (χ4v) is 3.78. The maximum atomic E-state index is 12.5. The van der Waals surface area contributed by atoms with E-state index in [1.165, 1.54) is 5.56 Å². The van der Waals surface area contributed by atoms with Gasteiger partial charge in [0, 0.05) is 11.0 Å². The monoisotopic (exact) mass is 366 g/mol. The lowest BCUT2D eigenvalue weighted by molar-refractivity contribution is 0.600. The second-order valence-electron chi connectivity index (χ2n) is 4.93. The normalized spacial score (nSPS) is 14.5. The van der Waals surface area contributed by atoms with Gasteiger partial charge in [0.1, 0.15) is 0 Å². The zero-order valence-corrected chi connectivity index (χ0v) is 13.7. The Labute approximate surface area is 132 Å². The Morgan fingerprint density at radius 1 is 1.10 bits per heavy atom. The molecule has 0 unspecified atom stereocenters. The standard InChI is InChI=1S/C15H15BrN2O2S/c16-12-4-6-13(7-5-12)21(19,20)18-15-3-1-2-11-8-9-17-10-14(11)15/h1-7,17-18H,8-10H2. The lowest BCUT2D eigenvalue weighted by Crippen LogP contribution is -2.25. The van der Waals surface area contributed by atoms with Crippen LogP contribution in [-0.2, 0) is 23.0 Å². The topological polar surface area (TPSA) is 58.2 Å². The van der Waals surface area contributed by atoms with E-state index in [9.17, 15) is 8.42 Å². The van der Waals surface area contributed by atoms with Crippen LogP contribution in [0.15, 0.2) is 51.8 Å². The van der Waals surface area contributed by atoms with Crippen LogP contribution in [0.25, 0.3) is 0 Å². The van der Waals surface area contributed by atoms with Gasteiger partial charge < -0.3 is 5.32 Å². The molecule has 0 radical (unpaired) electrons. The summed E-state index contributed by atoms with van der Waals surface area (Å²) in [6.45, 7) is 1.62. The van der Waals surface area contributed by atoms with Crippen molar-refractivity contribution in [1.82, 2.24) is 5.32 Å². The van der Waals surface area contributed by atoms with Crippen molar-refractivity contribution >= 4 is 31.6 Å². The van der Waals surface area contributed by atoms with Gasteiger partial charge in [-0.2, -0.15) is 0 Å². The third-order valence-electron chi connectivity index (χ3n) is 3.51. The van der Waals surface area contributed by atoms with Crippen LogP contribution >= 0.6 is 15.9 Å². The molecule has 0 fully saturated rings. The molecule has 0 spiro atoms. The summed E-state index contributed by atoms with van der Waals surface area (Å²) in [7, 11) is -3.56. The molecule has 1 heterocycles. The molecule has 0 atom stereocenters. The molecule has 110 valence electrons. The number of benzene rings is 2. The van der Waals surface area contributed by atoms with Gasteiger partial charge in [-0.1, -0.05) is 28.1 Å². The Balaban J connectivity index is 1.94. The van der Waals surface area contributed by atoms with Gasteiger partial charge >= 0.3 is 0 Å². The minimum Gasteiger partial charge on any atom is -0.312 e. The first-order valence-electron chi connectivity index (χ1n) is 6.66. The van der Waals surface area contributed by atoms with E-state index in [4.69, 9.17) is 0 Å². The molecule has 1 aliphatic heterocycles. The van der Waals surface area contributed by atoms with E-state index in [1.807, 2.05) is 18.2 Å². The number of sulfonamides is 1. The van der Waals surface area contributed by atoms with Crippen molar-refractivity contribution in [3.05, 3.63) is 58.1 Å². The largest absolute Gasteiger partial charge is 0.312 e. The molecule has 6 heteroatoms. The van der Waals surface area contributed by atoms with E-state index in [0.717, 1.165) is 23.0 Å². The summed E-state index contributed by atoms with van der Waals surface area (Å²) in [6.07, 6.45) is 0.920. The number of rotatable bonds is 3. The Hall–Kier alpha value is -1.37. The van der Waals surface area contributed by atoms with Crippen molar-refractivity contribution in [2.75, 3.05) is 11.3 Å². The van der Waals surface area contributed by atoms with E-state index in [-0.39, 0.29) is 4.90 Å². The third kappa shape index (κ3) is 3.12. The van der Waals surface area contributed by atoms with Gasteiger partial charge in [0.15, 0.2) is 0 Å². The molecule has 0 saturated heterocycles. The predicted molar refractivity (Wildman–Crippen MR) is 86.8 cm³/mol. The number of anilines is 1. The molecule has 0 amide bonds. The number of nitrogens with one attached hydrogen (secondary N) is 2.